The van der Waals surface area contributed by atoms with E-state index in [0.717, 1.165) is 37.7 Å². The predicted molar refractivity (Wildman–Crippen MR) is 123 cm³/mol. The van der Waals surface area contributed by atoms with Crippen molar-refractivity contribution in [2.45, 2.75) is 50.8 Å². The van der Waals surface area contributed by atoms with E-state index in [1.165, 1.54) is 17.7 Å². The molecular weight excluding hydrogens is 412 g/mol. The summed E-state index contributed by atoms with van der Waals surface area (Å²) in [6, 6.07) is 12.1. The molecule has 1 fully saturated rings. The summed E-state index contributed by atoms with van der Waals surface area (Å²) in [5.41, 5.74) is 2.79. The van der Waals surface area contributed by atoms with Gasteiger partial charge in [-0.1, -0.05) is 31.5 Å². The summed E-state index contributed by atoms with van der Waals surface area (Å²) in [5, 5.41) is 9.44. The molecule has 1 heterocycles. The van der Waals surface area contributed by atoms with Crippen LogP contribution >= 0.6 is 0 Å². The van der Waals surface area contributed by atoms with Crippen LogP contribution in [0.2, 0.25) is 0 Å². The quantitative estimate of drug-likeness (QED) is 0.645. The molecule has 2 aromatic rings. The number of aryl methyl sites for hydroxylation is 2. The van der Waals surface area contributed by atoms with Gasteiger partial charge in [0.2, 0.25) is 0 Å². The number of hydrogen-bond donors (Lipinski definition) is 2. The van der Waals surface area contributed by atoms with Gasteiger partial charge in [0.1, 0.15) is 0 Å². The van der Waals surface area contributed by atoms with Gasteiger partial charge in [0.15, 0.2) is 0 Å². The lowest BCUT2D eigenvalue weighted by Gasteiger charge is -2.32. The average molecular weight is 445 g/mol. The van der Waals surface area contributed by atoms with Crippen molar-refractivity contribution in [1.82, 2.24) is 4.90 Å². The third-order valence-electron chi connectivity index (χ3n) is 5.84. The highest BCUT2D eigenvalue weighted by Crippen LogP contribution is 2.23. The number of benzene rings is 2. The van der Waals surface area contributed by atoms with E-state index >= 15 is 0 Å². The van der Waals surface area contributed by atoms with E-state index in [1.807, 2.05) is 12.1 Å². The van der Waals surface area contributed by atoms with Gasteiger partial charge in [0, 0.05) is 30.9 Å². The molecule has 0 radical (unpaired) electrons. The minimum absolute atomic E-state index is 0.0539. The normalized spacial score (nSPS) is 16.9. The number of likely N-dealkylation sites (tertiary alicyclic amines) is 1. The maximum absolute atomic E-state index is 13.1. The summed E-state index contributed by atoms with van der Waals surface area (Å²) < 4.78 is 28.5. The summed E-state index contributed by atoms with van der Waals surface area (Å²) >= 11 is 0. The number of nitrogens with one attached hydrogen (secondary N) is 1. The molecule has 7 heteroatoms. The molecule has 1 aliphatic heterocycles. The number of rotatable bonds is 8. The summed E-state index contributed by atoms with van der Waals surface area (Å²) in [4.78, 5) is 14.8. The Kier molecular flexibility index (Phi) is 7.73. The van der Waals surface area contributed by atoms with Gasteiger partial charge in [0.25, 0.3) is 15.9 Å². The molecule has 0 aromatic heterocycles. The molecule has 0 bridgehead atoms. The number of unbranched alkanes of at least 4 members (excludes halogenated alkanes) is 1. The van der Waals surface area contributed by atoms with Crippen LogP contribution in [0.1, 0.15) is 54.1 Å². The molecule has 2 aromatic carbocycles. The lowest BCUT2D eigenvalue weighted by atomic mass is 9.97. The lowest BCUT2D eigenvalue weighted by Crippen LogP contribution is -2.41. The molecule has 1 saturated heterocycles. The molecular formula is C24H32N2O4S. The maximum Gasteiger partial charge on any atom is 0.261 e. The van der Waals surface area contributed by atoms with Crippen LogP contribution in [-0.4, -0.2) is 44.0 Å². The zero-order valence-corrected chi connectivity index (χ0v) is 19.1. The fourth-order valence-corrected chi connectivity index (χ4v) is 4.99. The second-order valence-electron chi connectivity index (χ2n) is 8.32. The molecule has 31 heavy (non-hydrogen) atoms. The first-order valence-electron chi connectivity index (χ1n) is 11.0. The smallest absolute Gasteiger partial charge is 0.261 e. The van der Waals surface area contributed by atoms with E-state index in [4.69, 9.17) is 0 Å². The molecule has 2 N–H and O–H groups in total. The molecule has 1 unspecified atom stereocenters. The summed E-state index contributed by atoms with van der Waals surface area (Å²) in [6.45, 7) is 5.11. The van der Waals surface area contributed by atoms with Crippen molar-refractivity contribution in [1.29, 1.82) is 0 Å². The summed E-state index contributed by atoms with van der Waals surface area (Å²) in [6.07, 6.45) is 4.92. The standard InChI is InChI=1S/C24H32N2O4S/c1-3-4-6-19-9-11-21(12-10-19)25-31(29,30)22-13-8-18(2)23(15-22)24(28)26-14-5-7-20(16-26)17-27/h8-13,15,20,25,27H,3-7,14,16-17H2,1-2H3. The van der Waals surface area contributed by atoms with Crippen molar-refractivity contribution in [3.05, 3.63) is 59.2 Å². The Morgan fingerprint density at radius 3 is 2.61 bits per heavy atom. The van der Waals surface area contributed by atoms with E-state index in [2.05, 4.69) is 11.6 Å². The van der Waals surface area contributed by atoms with Crippen LogP contribution in [0.5, 0.6) is 0 Å². The minimum Gasteiger partial charge on any atom is -0.396 e. The highest BCUT2D eigenvalue weighted by molar-refractivity contribution is 7.92. The molecule has 6 nitrogen and oxygen atoms in total. The molecule has 0 spiro atoms. The second kappa shape index (κ2) is 10.3. The van der Waals surface area contributed by atoms with Crippen molar-refractivity contribution in [2.24, 2.45) is 5.92 Å². The fourth-order valence-electron chi connectivity index (χ4n) is 3.90. The number of sulfonamides is 1. The van der Waals surface area contributed by atoms with Gasteiger partial charge in [-0.3, -0.25) is 9.52 Å². The summed E-state index contributed by atoms with van der Waals surface area (Å²) in [7, 11) is -3.82. The molecule has 0 aliphatic carbocycles. The van der Waals surface area contributed by atoms with Crippen LogP contribution in [0, 0.1) is 12.8 Å². The van der Waals surface area contributed by atoms with Crippen molar-refractivity contribution >= 4 is 21.6 Å². The van der Waals surface area contributed by atoms with Crippen molar-refractivity contribution in [3.8, 4) is 0 Å². The predicted octanol–water partition coefficient (Wildman–Crippen LogP) is 3.98. The van der Waals surface area contributed by atoms with Crippen molar-refractivity contribution < 1.29 is 18.3 Å². The van der Waals surface area contributed by atoms with Crippen LogP contribution in [0.4, 0.5) is 5.69 Å². The minimum atomic E-state index is -3.82. The zero-order chi connectivity index (χ0) is 22.4. The van der Waals surface area contributed by atoms with Gasteiger partial charge in [-0.05, 0) is 73.9 Å². The van der Waals surface area contributed by atoms with E-state index in [-0.39, 0.29) is 23.3 Å². The van der Waals surface area contributed by atoms with Crippen molar-refractivity contribution in [3.63, 3.8) is 0 Å². The van der Waals surface area contributed by atoms with Gasteiger partial charge in [0.05, 0.1) is 4.90 Å². The van der Waals surface area contributed by atoms with E-state index < -0.39 is 10.0 Å². The molecule has 168 valence electrons. The van der Waals surface area contributed by atoms with E-state index in [9.17, 15) is 18.3 Å². The fraction of sp³-hybridized carbons (Fsp3) is 0.458. The Hall–Kier alpha value is -2.38. The monoisotopic (exact) mass is 444 g/mol. The molecule has 1 aliphatic rings. The highest BCUT2D eigenvalue weighted by atomic mass is 32.2. The van der Waals surface area contributed by atoms with Gasteiger partial charge >= 0.3 is 0 Å². The number of amides is 1. The summed E-state index contributed by atoms with van der Waals surface area (Å²) in [5.74, 6) is -0.111. The van der Waals surface area contributed by atoms with Crippen molar-refractivity contribution in [2.75, 3.05) is 24.4 Å². The van der Waals surface area contributed by atoms with Crippen LogP contribution in [-0.2, 0) is 16.4 Å². The number of anilines is 1. The Labute approximate surface area is 185 Å². The van der Waals surface area contributed by atoms with Gasteiger partial charge < -0.3 is 10.0 Å². The van der Waals surface area contributed by atoms with Crippen LogP contribution in [0.15, 0.2) is 47.4 Å². The Bertz CT molecular complexity index is 1000. The number of piperidine rings is 1. The number of aliphatic hydroxyl groups excluding tert-OH is 1. The van der Waals surface area contributed by atoms with Crippen LogP contribution in [0.25, 0.3) is 0 Å². The lowest BCUT2D eigenvalue weighted by molar-refractivity contribution is 0.0619. The molecule has 3 rings (SSSR count). The number of carbonyl (C=O) groups excluding carboxylic acids is 1. The number of nitrogens with zero attached hydrogens (tertiary/aromatic N) is 1. The number of hydrogen-bond acceptors (Lipinski definition) is 4. The second-order valence-corrected chi connectivity index (χ2v) is 10.0. The first kappa shape index (κ1) is 23.3. The molecule has 1 atom stereocenters. The van der Waals surface area contributed by atoms with E-state index in [1.54, 1.807) is 30.0 Å². The van der Waals surface area contributed by atoms with E-state index in [0.29, 0.717) is 24.3 Å². The van der Waals surface area contributed by atoms with Crippen LogP contribution in [0.3, 0.4) is 0 Å². The topological polar surface area (TPSA) is 86.7 Å². The Morgan fingerprint density at radius 1 is 1.19 bits per heavy atom. The molecule has 1 amide bonds. The molecule has 0 saturated carbocycles. The first-order valence-corrected chi connectivity index (χ1v) is 12.4. The average Bonchev–Trinajstić information content (AvgIpc) is 2.78. The number of carbonyl (C=O) groups is 1. The maximum atomic E-state index is 13.1. The third kappa shape index (κ3) is 5.86. The zero-order valence-electron chi connectivity index (χ0n) is 18.3. The first-order chi connectivity index (χ1) is 14.8. The number of aliphatic hydroxyl groups is 1. The third-order valence-corrected chi connectivity index (χ3v) is 7.22. The highest BCUT2D eigenvalue weighted by Gasteiger charge is 2.26. The van der Waals surface area contributed by atoms with Gasteiger partial charge in [-0.15, -0.1) is 0 Å². The van der Waals surface area contributed by atoms with Crippen LogP contribution < -0.4 is 4.72 Å². The Morgan fingerprint density at radius 2 is 1.94 bits per heavy atom. The SMILES string of the molecule is CCCCc1ccc(NS(=O)(=O)c2ccc(C)c(C(=O)N3CCCC(CO)C3)c2)cc1. The Balaban J connectivity index is 1.78. The van der Waals surface area contributed by atoms with Gasteiger partial charge in [-0.25, -0.2) is 8.42 Å². The van der Waals surface area contributed by atoms with Gasteiger partial charge in [-0.2, -0.15) is 0 Å². The largest absolute Gasteiger partial charge is 0.396 e.